The highest BCUT2D eigenvalue weighted by molar-refractivity contribution is 5.90. The molecule has 1 saturated heterocycles. The Morgan fingerprint density at radius 3 is 2.22 bits per heavy atom. The number of rotatable bonds is 6. The van der Waals surface area contributed by atoms with Crippen molar-refractivity contribution in [2.24, 2.45) is 5.73 Å². The predicted octanol–water partition coefficient (Wildman–Crippen LogP) is 4.87. The molecule has 2 heterocycles. The predicted molar refractivity (Wildman–Crippen MR) is 143 cm³/mol. The maximum absolute atomic E-state index is 11.5. The van der Waals surface area contributed by atoms with Gasteiger partial charge < -0.3 is 10.5 Å². The fraction of sp³-hybridized carbons (Fsp3) is 0.400. The van der Waals surface area contributed by atoms with Gasteiger partial charge in [0.05, 0.1) is 18.9 Å². The molecule has 1 aromatic heterocycles. The topological polar surface area (TPSA) is 73.4 Å². The number of amides is 1. The van der Waals surface area contributed by atoms with Crippen molar-refractivity contribution in [2.45, 2.75) is 51.5 Å². The van der Waals surface area contributed by atoms with E-state index in [-0.39, 0.29) is 11.1 Å². The van der Waals surface area contributed by atoms with Crippen molar-refractivity contribution >= 4 is 11.5 Å². The number of carbonyl (C=O) groups is 1. The van der Waals surface area contributed by atoms with E-state index >= 15 is 0 Å². The number of nitrogens with zero attached hydrogens (tertiary/aromatic N) is 3. The Morgan fingerprint density at radius 2 is 1.67 bits per heavy atom. The molecule has 6 nitrogen and oxygen atoms in total. The van der Waals surface area contributed by atoms with Gasteiger partial charge in [-0.3, -0.25) is 9.69 Å². The van der Waals surface area contributed by atoms with E-state index in [4.69, 9.17) is 10.5 Å². The van der Waals surface area contributed by atoms with Crippen LogP contribution in [0.5, 0.6) is 0 Å². The standard InChI is InChI=1S/C30H36N4O2/c1-21-20-28(29(31)35)32-34(21)27-14-10-25(11-15-27)30(2,3)24-8-4-22(5-9-24)23-6-12-26(13-7-23)33-16-18-36-19-17-33/h4-6,8-11,14-15,20,26H,7,12-13,16-19H2,1-3H3,(H2,31,35)/t26-/m1/s1. The van der Waals surface area contributed by atoms with Crippen molar-refractivity contribution in [3.05, 3.63) is 88.8 Å². The highest BCUT2D eigenvalue weighted by Gasteiger charge is 2.25. The molecule has 0 bridgehead atoms. The van der Waals surface area contributed by atoms with Crippen LogP contribution in [0.25, 0.3) is 11.3 Å². The van der Waals surface area contributed by atoms with Crippen LogP contribution in [0.1, 0.15) is 66.0 Å². The summed E-state index contributed by atoms with van der Waals surface area (Å²) >= 11 is 0. The summed E-state index contributed by atoms with van der Waals surface area (Å²) in [5.41, 5.74) is 12.6. The molecule has 1 atom stereocenters. The van der Waals surface area contributed by atoms with E-state index < -0.39 is 5.91 Å². The van der Waals surface area contributed by atoms with Gasteiger partial charge in [-0.2, -0.15) is 5.10 Å². The summed E-state index contributed by atoms with van der Waals surface area (Å²) in [6.07, 6.45) is 5.94. The number of ether oxygens (including phenoxy) is 1. The number of aryl methyl sites for hydroxylation is 1. The fourth-order valence-corrected chi connectivity index (χ4v) is 5.50. The highest BCUT2D eigenvalue weighted by Crippen LogP contribution is 2.35. The van der Waals surface area contributed by atoms with Crippen molar-refractivity contribution in [1.82, 2.24) is 14.7 Å². The number of aromatic nitrogens is 2. The second kappa shape index (κ2) is 10.0. The lowest BCUT2D eigenvalue weighted by atomic mass is 9.77. The quantitative estimate of drug-likeness (QED) is 0.542. The number of allylic oxidation sites excluding steroid dienone is 1. The number of hydrogen-bond donors (Lipinski definition) is 1. The first-order chi connectivity index (χ1) is 17.3. The molecule has 5 rings (SSSR count). The first-order valence-electron chi connectivity index (χ1n) is 12.9. The summed E-state index contributed by atoms with van der Waals surface area (Å²) < 4.78 is 7.27. The van der Waals surface area contributed by atoms with Crippen LogP contribution in [0.4, 0.5) is 0 Å². The second-order valence-corrected chi connectivity index (χ2v) is 10.5. The Kier molecular flexibility index (Phi) is 6.82. The average Bonchev–Trinajstić information content (AvgIpc) is 3.31. The minimum absolute atomic E-state index is 0.142. The van der Waals surface area contributed by atoms with Gasteiger partial charge >= 0.3 is 0 Å². The second-order valence-electron chi connectivity index (χ2n) is 10.5. The molecule has 1 amide bonds. The van der Waals surface area contributed by atoms with E-state index in [1.807, 2.05) is 19.1 Å². The molecule has 0 radical (unpaired) electrons. The van der Waals surface area contributed by atoms with Crippen LogP contribution in [-0.4, -0.2) is 52.9 Å². The molecular formula is C30H36N4O2. The lowest BCUT2D eigenvalue weighted by molar-refractivity contribution is 0.0150. The molecule has 2 aliphatic rings. The van der Waals surface area contributed by atoms with Crippen molar-refractivity contribution in [3.63, 3.8) is 0 Å². The SMILES string of the molecule is Cc1cc(C(N)=O)nn1-c1ccc(C(C)(C)c2ccc(C3=CC[C@@H](N4CCOCC4)CC3)cc2)cc1. The van der Waals surface area contributed by atoms with Gasteiger partial charge in [-0.1, -0.05) is 56.3 Å². The Balaban J connectivity index is 1.29. The van der Waals surface area contributed by atoms with Crippen molar-refractivity contribution in [1.29, 1.82) is 0 Å². The Morgan fingerprint density at radius 1 is 1.03 bits per heavy atom. The smallest absolute Gasteiger partial charge is 0.269 e. The van der Waals surface area contributed by atoms with E-state index in [0.29, 0.717) is 6.04 Å². The lowest BCUT2D eigenvalue weighted by Crippen LogP contribution is -2.43. The van der Waals surface area contributed by atoms with Crippen LogP contribution >= 0.6 is 0 Å². The van der Waals surface area contributed by atoms with Gasteiger partial charge in [-0.05, 0) is 66.6 Å². The number of morpholine rings is 1. The van der Waals surface area contributed by atoms with Crippen LogP contribution < -0.4 is 5.73 Å². The molecule has 1 aliphatic carbocycles. The summed E-state index contributed by atoms with van der Waals surface area (Å²) in [6, 6.07) is 19.9. The highest BCUT2D eigenvalue weighted by atomic mass is 16.5. The van der Waals surface area contributed by atoms with Gasteiger partial charge in [-0.15, -0.1) is 0 Å². The summed E-state index contributed by atoms with van der Waals surface area (Å²) in [4.78, 5) is 14.1. The third-order valence-corrected chi connectivity index (χ3v) is 7.90. The zero-order valence-electron chi connectivity index (χ0n) is 21.5. The minimum Gasteiger partial charge on any atom is -0.379 e. The maximum Gasteiger partial charge on any atom is 0.269 e. The number of nitrogens with two attached hydrogens (primary N) is 1. The Labute approximate surface area is 213 Å². The molecule has 0 saturated carbocycles. The lowest BCUT2D eigenvalue weighted by Gasteiger charge is -2.36. The molecule has 36 heavy (non-hydrogen) atoms. The third-order valence-electron chi connectivity index (χ3n) is 7.90. The average molecular weight is 485 g/mol. The number of hydrogen-bond acceptors (Lipinski definition) is 4. The van der Waals surface area contributed by atoms with Gasteiger partial charge in [0, 0.05) is 30.2 Å². The molecule has 1 fully saturated rings. The summed E-state index contributed by atoms with van der Waals surface area (Å²) in [6.45, 7) is 10.3. The van der Waals surface area contributed by atoms with Gasteiger partial charge in [-0.25, -0.2) is 4.68 Å². The van der Waals surface area contributed by atoms with Gasteiger partial charge in [0.25, 0.3) is 5.91 Å². The molecule has 3 aromatic rings. The maximum atomic E-state index is 11.5. The normalized spacial score (nSPS) is 19.2. The molecule has 2 N–H and O–H groups in total. The molecular weight excluding hydrogens is 448 g/mol. The first-order valence-corrected chi connectivity index (χ1v) is 12.9. The fourth-order valence-electron chi connectivity index (χ4n) is 5.50. The summed E-state index contributed by atoms with van der Waals surface area (Å²) in [7, 11) is 0. The molecule has 1 aliphatic heterocycles. The van der Waals surface area contributed by atoms with Gasteiger partial charge in [0.15, 0.2) is 5.69 Å². The number of benzene rings is 2. The van der Waals surface area contributed by atoms with Crippen molar-refractivity contribution in [2.75, 3.05) is 26.3 Å². The van der Waals surface area contributed by atoms with E-state index in [0.717, 1.165) is 50.5 Å². The van der Waals surface area contributed by atoms with E-state index in [1.54, 1.807) is 10.7 Å². The molecule has 0 unspecified atom stereocenters. The van der Waals surface area contributed by atoms with Crippen LogP contribution in [0, 0.1) is 6.92 Å². The van der Waals surface area contributed by atoms with E-state index in [1.165, 1.54) is 28.7 Å². The summed E-state index contributed by atoms with van der Waals surface area (Å²) in [5.74, 6) is -0.515. The molecule has 188 valence electrons. The third kappa shape index (κ3) is 4.88. The van der Waals surface area contributed by atoms with Crippen molar-refractivity contribution in [3.8, 4) is 5.69 Å². The Hall–Kier alpha value is -3.22. The van der Waals surface area contributed by atoms with Crippen LogP contribution in [0.3, 0.4) is 0 Å². The van der Waals surface area contributed by atoms with Crippen molar-refractivity contribution < 1.29 is 9.53 Å². The van der Waals surface area contributed by atoms with E-state index in [9.17, 15) is 4.79 Å². The van der Waals surface area contributed by atoms with E-state index in [2.05, 4.69) is 66.3 Å². The molecule has 6 heteroatoms. The molecule has 0 spiro atoms. The monoisotopic (exact) mass is 484 g/mol. The number of carbonyl (C=O) groups excluding carboxylic acids is 1. The van der Waals surface area contributed by atoms with Crippen LogP contribution in [-0.2, 0) is 10.2 Å². The zero-order chi connectivity index (χ0) is 25.3. The van der Waals surface area contributed by atoms with Gasteiger partial charge in [0.2, 0.25) is 0 Å². The van der Waals surface area contributed by atoms with Crippen LogP contribution in [0.15, 0.2) is 60.7 Å². The number of primary amides is 1. The van der Waals surface area contributed by atoms with Crippen LogP contribution in [0.2, 0.25) is 0 Å². The largest absolute Gasteiger partial charge is 0.379 e. The minimum atomic E-state index is -0.515. The zero-order valence-corrected chi connectivity index (χ0v) is 21.5. The molecule has 2 aromatic carbocycles. The first kappa shape index (κ1) is 24.5. The summed E-state index contributed by atoms with van der Waals surface area (Å²) in [5, 5.41) is 4.34. The van der Waals surface area contributed by atoms with Gasteiger partial charge in [0.1, 0.15) is 0 Å². The Bertz CT molecular complexity index is 1250.